The molecule has 2 aromatic rings. The Balaban J connectivity index is 2.45. The quantitative estimate of drug-likeness (QED) is 0.749. The fourth-order valence-electron chi connectivity index (χ4n) is 1.72. The van der Waals surface area contributed by atoms with Crippen LogP contribution in [-0.2, 0) is 10.0 Å². The van der Waals surface area contributed by atoms with Crippen molar-refractivity contribution in [1.29, 1.82) is 0 Å². The smallest absolute Gasteiger partial charge is 0.335 e. The van der Waals surface area contributed by atoms with E-state index in [0.29, 0.717) is 6.07 Å². The molecule has 3 N–H and O–H groups in total. The molecular weight excluding hydrogens is 313 g/mol. The number of carboxylic acids is 1. The summed E-state index contributed by atoms with van der Waals surface area (Å²) in [6.07, 6.45) is 0. The third-order valence-corrected chi connectivity index (χ3v) is 4.27. The van der Waals surface area contributed by atoms with Crippen LogP contribution in [0.15, 0.2) is 41.3 Å². The second kappa shape index (κ2) is 5.64. The number of hydrogen-bond acceptors (Lipinski definition) is 4. The van der Waals surface area contributed by atoms with Gasteiger partial charge in [0.15, 0.2) is 11.6 Å². The Kier molecular flexibility index (Phi) is 4.05. The van der Waals surface area contributed by atoms with E-state index in [4.69, 9.17) is 5.11 Å². The van der Waals surface area contributed by atoms with Crippen LogP contribution >= 0.6 is 0 Å². The number of halogens is 1. The summed E-state index contributed by atoms with van der Waals surface area (Å²) in [6.45, 7) is 1.78. The average molecular weight is 325 g/mol. The highest BCUT2D eigenvalue weighted by Crippen LogP contribution is 2.30. The van der Waals surface area contributed by atoms with Crippen molar-refractivity contribution in [2.75, 3.05) is 4.72 Å². The summed E-state index contributed by atoms with van der Waals surface area (Å²) in [5.41, 5.74) is -0.185. The van der Waals surface area contributed by atoms with E-state index in [0.717, 1.165) is 11.6 Å². The summed E-state index contributed by atoms with van der Waals surface area (Å²) in [5.74, 6) is -3.66. The normalized spacial score (nSPS) is 11.2. The Morgan fingerprint density at radius 3 is 2.32 bits per heavy atom. The lowest BCUT2D eigenvalue weighted by molar-refractivity contribution is 0.0696. The largest absolute Gasteiger partial charge is 0.503 e. The van der Waals surface area contributed by atoms with Crippen molar-refractivity contribution in [2.45, 2.75) is 11.8 Å². The lowest BCUT2D eigenvalue weighted by atomic mass is 10.2. The van der Waals surface area contributed by atoms with E-state index >= 15 is 0 Å². The van der Waals surface area contributed by atoms with Gasteiger partial charge in [0.1, 0.15) is 0 Å². The predicted molar refractivity (Wildman–Crippen MR) is 77.0 cm³/mol. The van der Waals surface area contributed by atoms with E-state index in [1.165, 1.54) is 12.1 Å². The van der Waals surface area contributed by atoms with Crippen LogP contribution in [0.3, 0.4) is 0 Å². The molecule has 22 heavy (non-hydrogen) atoms. The zero-order valence-electron chi connectivity index (χ0n) is 11.4. The highest BCUT2D eigenvalue weighted by atomic mass is 32.2. The number of phenolic OH excluding ortho intramolecular Hbond substituents is 1. The van der Waals surface area contributed by atoms with E-state index in [2.05, 4.69) is 0 Å². The van der Waals surface area contributed by atoms with Gasteiger partial charge in [0.25, 0.3) is 10.0 Å². The summed E-state index contributed by atoms with van der Waals surface area (Å²) >= 11 is 0. The molecule has 2 aromatic carbocycles. The molecule has 2 rings (SSSR count). The number of nitrogens with one attached hydrogen (secondary N) is 1. The van der Waals surface area contributed by atoms with Gasteiger partial charge in [-0.25, -0.2) is 17.6 Å². The number of aromatic carboxylic acids is 1. The molecule has 8 heteroatoms. The Hall–Kier alpha value is -2.61. The van der Waals surface area contributed by atoms with Crippen LogP contribution in [-0.4, -0.2) is 24.6 Å². The maximum atomic E-state index is 13.5. The number of hydrogen-bond donors (Lipinski definition) is 3. The first-order valence-corrected chi connectivity index (χ1v) is 7.54. The van der Waals surface area contributed by atoms with Gasteiger partial charge in [-0.1, -0.05) is 17.7 Å². The lowest BCUT2D eigenvalue weighted by Crippen LogP contribution is -2.14. The minimum Gasteiger partial charge on any atom is -0.503 e. The second-order valence-corrected chi connectivity index (χ2v) is 6.26. The number of carboxylic acid groups (broad SMARTS) is 1. The molecule has 0 radical (unpaired) electrons. The SMILES string of the molecule is Cc1ccc(S(=O)(=O)Nc2cc(C(=O)O)cc(F)c2O)cc1. The molecule has 0 fully saturated rings. The molecule has 0 bridgehead atoms. The van der Waals surface area contributed by atoms with Crippen molar-refractivity contribution in [2.24, 2.45) is 0 Å². The number of aryl methyl sites for hydroxylation is 1. The van der Waals surface area contributed by atoms with Crippen molar-refractivity contribution in [3.8, 4) is 5.75 Å². The van der Waals surface area contributed by atoms with Crippen LogP contribution < -0.4 is 4.72 Å². The fraction of sp³-hybridized carbons (Fsp3) is 0.0714. The first-order chi connectivity index (χ1) is 10.2. The Morgan fingerprint density at radius 2 is 1.77 bits per heavy atom. The van der Waals surface area contributed by atoms with Gasteiger partial charge < -0.3 is 10.2 Å². The van der Waals surface area contributed by atoms with Crippen molar-refractivity contribution >= 4 is 21.7 Å². The van der Waals surface area contributed by atoms with Crippen LogP contribution in [0.1, 0.15) is 15.9 Å². The molecule has 116 valence electrons. The maximum absolute atomic E-state index is 13.5. The minimum atomic E-state index is -4.08. The zero-order chi connectivity index (χ0) is 16.5. The number of carbonyl (C=O) groups is 1. The number of phenols is 1. The highest BCUT2D eigenvalue weighted by Gasteiger charge is 2.20. The monoisotopic (exact) mass is 325 g/mol. The molecule has 0 aliphatic rings. The predicted octanol–water partition coefficient (Wildman–Crippen LogP) is 2.34. The van der Waals surface area contributed by atoms with Crippen LogP contribution in [0.2, 0.25) is 0 Å². The summed E-state index contributed by atoms with van der Waals surface area (Å²) in [7, 11) is -4.08. The fourth-order valence-corrected chi connectivity index (χ4v) is 2.78. The van der Waals surface area contributed by atoms with E-state index in [1.54, 1.807) is 19.1 Å². The standard InChI is InChI=1S/C14H12FNO5S/c1-8-2-4-10(5-3-8)22(20,21)16-12-7-9(14(18)19)6-11(15)13(12)17/h2-7,16-17H,1H3,(H,18,19). The Bertz CT molecular complexity index is 831. The topological polar surface area (TPSA) is 104 Å². The van der Waals surface area contributed by atoms with Crippen LogP contribution in [0.25, 0.3) is 0 Å². The van der Waals surface area contributed by atoms with Gasteiger partial charge in [0.2, 0.25) is 0 Å². The van der Waals surface area contributed by atoms with E-state index in [-0.39, 0.29) is 4.90 Å². The molecule has 0 aliphatic heterocycles. The molecule has 0 spiro atoms. The molecule has 0 aliphatic carbocycles. The van der Waals surface area contributed by atoms with Crippen LogP contribution in [0.5, 0.6) is 5.75 Å². The van der Waals surface area contributed by atoms with E-state index in [9.17, 15) is 22.7 Å². The zero-order valence-corrected chi connectivity index (χ0v) is 12.2. The molecule has 0 atom stereocenters. The molecule has 0 aromatic heterocycles. The molecule has 6 nitrogen and oxygen atoms in total. The van der Waals surface area contributed by atoms with Gasteiger partial charge >= 0.3 is 5.97 Å². The first-order valence-electron chi connectivity index (χ1n) is 6.06. The summed E-state index contributed by atoms with van der Waals surface area (Å²) in [5, 5.41) is 18.4. The van der Waals surface area contributed by atoms with Crippen molar-refractivity contribution in [1.82, 2.24) is 0 Å². The van der Waals surface area contributed by atoms with Gasteiger partial charge in [-0.05, 0) is 31.2 Å². The first kappa shape index (κ1) is 15.8. The third-order valence-electron chi connectivity index (χ3n) is 2.89. The van der Waals surface area contributed by atoms with Crippen molar-refractivity contribution < 1.29 is 27.8 Å². The molecular formula is C14H12FNO5S. The Morgan fingerprint density at radius 1 is 1.18 bits per heavy atom. The number of rotatable bonds is 4. The molecule has 0 amide bonds. The number of anilines is 1. The summed E-state index contributed by atoms with van der Waals surface area (Å²) in [6, 6.07) is 7.26. The molecule has 0 unspecified atom stereocenters. The maximum Gasteiger partial charge on any atom is 0.335 e. The van der Waals surface area contributed by atoms with Crippen LogP contribution in [0.4, 0.5) is 10.1 Å². The number of sulfonamides is 1. The third kappa shape index (κ3) is 3.17. The van der Waals surface area contributed by atoms with Crippen molar-refractivity contribution in [3.63, 3.8) is 0 Å². The van der Waals surface area contributed by atoms with Gasteiger partial charge in [0.05, 0.1) is 16.1 Å². The van der Waals surface area contributed by atoms with Gasteiger partial charge in [-0.3, -0.25) is 4.72 Å². The Labute approximate surface area is 125 Å². The summed E-state index contributed by atoms with van der Waals surface area (Å²) < 4.78 is 39.8. The van der Waals surface area contributed by atoms with Crippen LogP contribution in [0, 0.1) is 12.7 Å². The lowest BCUT2D eigenvalue weighted by Gasteiger charge is -2.11. The number of benzene rings is 2. The van der Waals surface area contributed by atoms with E-state index < -0.39 is 38.8 Å². The van der Waals surface area contributed by atoms with E-state index in [1.807, 2.05) is 4.72 Å². The molecule has 0 saturated carbocycles. The second-order valence-electron chi connectivity index (χ2n) is 4.58. The number of aromatic hydroxyl groups is 1. The molecule has 0 heterocycles. The van der Waals surface area contributed by atoms with Gasteiger partial charge in [-0.2, -0.15) is 0 Å². The van der Waals surface area contributed by atoms with Gasteiger partial charge in [0, 0.05) is 0 Å². The molecule has 0 saturated heterocycles. The summed E-state index contributed by atoms with van der Waals surface area (Å²) in [4.78, 5) is 10.8. The average Bonchev–Trinajstić information content (AvgIpc) is 2.43. The highest BCUT2D eigenvalue weighted by molar-refractivity contribution is 7.92. The van der Waals surface area contributed by atoms with Crippen molar-refractivity contribution in [3.05, 3.63) is 53.3 Å². The minimum absolute atomic E-state index is 0.0985. The van der Waals surface area contributed by atoms with Gasteiger partial charge in [-0.15, -0.1) is 0 Å².